The van der Waals surface area contributed by atoms with E-state index in [9.17, 15) is 18.0 Å². The molecule has 8 heteroatoms. The zero-order chi connectivity index (χ0) is 15.0. The summed E-state index contributed by atoms with van der Waals surface area (Å²) in [4.78, 5) is 11.8. The highest BCUT2D eigenvalue weighted by atomic mass is 19.4. The zero-order valence-electron chi connectivity index (χ0n) is 11.1. The first-order chi connectivity index (χ1) is 9.95. The fourth-order valence-electron chi connectivity index (χ4n) is 2.45. The van der Waals surface area contributed by atoms with Crippen LogP contribution in [0.5, 0.6) is 0 Å². The van der Waals surface area contributed by atoms with Gasteiger partial charge in [0.1, 0.15) is 5.82 Å². The monoisotopic (exact) mass is 298 g/mol. The van der Waals surface area contributed by atoms with Gasteiger partial charge in [-0.3, -0.25) is 4.79 Å². The molecular formula is C13H13F3N4O. The minimum absolute atomic E-state index is 0.129. The van der Waals surface area contributed by atoms with Crippen molar-refractivity contribution in [2.75, 3.05) is 0 Å². The molecule has 3 rings (SSSR count). The minimum atomic E-state index is -4.51. The van der Waals surface area contributed by atoms with Gasteiger partial charge in [0, 0.05) is 25.2 Å². The molecule has 0 N–H and O–H groups in total. The van der Waals surface area contributed by atoms with Crippen molar-refractivity contribution in [1.29, 1.82) is 0 Å². The molecule has 0 amide bonds. The molecule has 0 bridgehead atoms. The van der Waals surface area contributed by atoms with Crippen LogP contribution in [0.15, 0.2) is 23.1 Å². The minimum Gasteiger partial charge on any atom is -0.313 e. The fourth-order valence-corrected chi connectivity index (χ4v) is 2.45. The predicted molar refractivity (Wildman–Crippen MR) is 67.8 cm³/mol. The topological polar surface area (TPSA) is 52.7 Å². The second-order valence-corrected chi connectivity index (χ2v) is 5.02. The van der Waals surface area contributed by atoms with Crippen molar-refractivity contribution in [3.8, 4) is 0 Å². The molecule has 2 aromatic heterocycles. The summed E-state index contributed by atoms with van der Waals surface area (Å²) < 4.78 is 40.7. The maximum absolute atomic E-state index is 12.5. The Hall–Kier alpha value is -2.12. The second kappa shape index (κ2) is 5.01. The number of aryl methyl sites for hydroxylation is 1. The molecule has 21 heavy (non-hydrogen) atoms. The van der Waals surface area contributed by atoms with Gasteiger partial charge in [0.25, 0.3) is 5.56 Å². The Kier molecular flexibility index (Phi) is 3.30. The number of alkyl halides is 3. The SMILES string of the molecule is O=c1cc(C(F)(F)F)ccn1Cc1nnc2n1CCCC2. The van der Waals surface area contributed by atoms with Gasteiger partial charge in [-0.2, -0.15) is 13.2 Å². The van der Waals surface area contributed by atoms with Gasteiger partial charge in [-0.1, -0.05) is 0 Å². The van der Waals surface area contributed by atoms with Gasteiger partial charge in [0.05, 0.1) is 12.1 Å². The van der Waals surface area contributed by atoms with Crippen molar-refractivity contribution >= 4 is 0 Å². The molecule has 0 saturated heterocycles. The lowest BCUT2D eigenvalue weighted by Gasteiger charge is -2.15. The van der Waals surface area contributed by atoms with Crippen LogP contribution >= 0.6 is 0 Å². The summed E-state index contributed by atoms with van der Waals surface area (Å²) in [6, 6.07) is 1.50. The van der Waals surface area contributed by atoms with Crippen molar-refractivity contribution in [2.45, 2.75) is 38.5 Å². The summed E-state index contributed by atoms with van der Waals surface area (Å²) in [7, 11) is 0. The quantitative estimate of drug-likeness (QED) is 0.850. The highest BCUT2D eigenvalue weighted by Crippen LogP contribution is 2.27. The van der Waals surface area contributed by atoms with Crippen LogP contribution in [0, 0.1) is 0 Å². The van der Waals surface area contributed by atoms with Gasteiger partial charge in [0.2, 0.25) is 0 Å². The van der Waals surface area contributed by atoms with Crippen LogP contribution in [-0.4, -0.2) is 19.3 Å². The zero-order valence-corrected chi connectivity index (χ0v) is 11.1. The maximum Gasteiger partial charge on any atom is 0.416 e. The van der Waals surface area contributed by atoms with E-state index in [-0.39, 0.29) is 6.54 Å². The van der Waals surface area contributed by atoms with Crippen LogP contribution in [-0.2, 0) is 25.7 Å². The van der Waals surface area contributed by atoms with Crippen molar-refractivity contribution in [3.63, 3.8) is 0 Å². The lowest BCUT2D eigenvalue weighted by Crippen LogP contribution is -2.24. The number of fused-ring (bicyclic) bond motifs is 1. The Bertz CT molecular complexity index is 717. The van der Waals surface area contributed by atoms with E-state index in [1.807, 2.05) is 4.57 Å². The van der Waals surface area contributed by atoms with Crippen molar-refractivity contribution in [1.82, 2.24) is 19.3 Å². The average Bonchev–Trinajstić information content (AvgIpc) is 2.83. The van der Waals surface area contributed by atoms with Crippen LogP contribution in [0.2, 0.25) is 0 Å². The molecule has 0 spiro atoms. The van der Waals surface area contributed by atoms with Gasteiger partial charge in [-0.15, -0.1) is 10.2 Å². The Morgan fingerprint density at radius 1 is 1.24 bits per heavy atom. The van der Waals surface area contributed by atoms with E-state index in [0.717, 1.165) is 43.9 Å². The van der Waals surface area contributed by atoms with Crippen molar-refractivity contribution in [2.24, 2.45) is 0 Å². The van der Waals surface area contributed by atoms with Crippen LogP contribution in [0.25, 0.3) is 0 Å². The number of rotatable bonds is 2. The average molecular weight is 298 g/mol. The Labute approximate surface area is 118 Å². The normalized spacial score (nSPS) is 15.0. The first-order valence-electron chi connectivity index (χ1n) is 6.64. The smallest absolute Gasteiger partial charge is 0.313 e. The first kappa shape index (κ1) is 13.8. The molecule has 0 aliphatic carbocycles. The Balaban J connectivity index is 1.89. The molecule has 0 atom stereocenters. The highest BCUT2D eigenvalue weighted by molar-refractivity contribution is 5.15. The Morgan fingerprint density at radius 2 is 2.05 bits per heavy atom. The number of aromatic nitrogens is 4. The van der Waals surface area contributed by atoms with Gasteiger partial charge < -0.3 is 9.13 Å². The molecule has 0 radical (unpaired) electrons. The van der Waals surface area contributed by atoms with Crippen LogP contribution in [0.1, 0.15) is 30.1 Å². The Morgan fingerprint density at radius 3 is 2.76 bits per heavy atom. The van der Waals surface area contributed by atoms with E-state index >= 15 is 0 Å². The van der Waals surface area contributed by atoms with Crippen LogP contribution < -0.4 is 5.56 Å². The molecule has 5 nitrogen and oxygen atoms in total. The largest absolute Gasteiger partial charge is 0.416 e. The van der Waals surface area contributed by atoms with Crippen molar-refractivity contribution in [3.05, 3.63) is 45.9 Å². The number of hydrogen-bond donors (Lipinski definition) is 0. The molecule has 0 unspecified atom stereocenters. The summed E-state index contributed by atoms with van der Waals surface area (Å²) in [6.07, 6.45) is -0.449. The van der Waals surface area contributed by atoms with Gasteiger partial charge >= 0.3 is 6.18 Å². The lowest BCUT2D eigenvalue weighted by molar-refractivity contribution is -0.137. The molecule has 112 valence electrons. The summed E-state index contributed by atoms with van der Waals surface area (Å²) in [5.41, 5.74) is -1.63. The fraction of sp³-hybridized carbons (Fsp3) is 0.462. The molecule has 1 aliphatic rings. The standard InChI is InChI=1S/C13H13F3N4O/c14-13(15,16)9-4-6-19(12(21)7-9)8-11-18-17-10-3-1-2-5-20(10)11/h4,6-7H,1-3,5,8H2. The molecule has 3 heterocycles. The second-order valence-electron chi connectivity index (χ2n) is 5.02. The number of hydrogen-bond acceptors (Lipinski definition) is 3. The van der Waals surface area contributed by atoms with E-state index in [0.29, 0.717) is 11.9 Å². The molecule has 2 aromatic rings. The first-order valence-corrected chi connectivity index (χ1v) is 6.64. The van der Waals surface area contributed by atoms with E-state index in [2.05, 4.69) is 10.2 Å². The number of halogens is 3. The third kappa shape index (κ3) is 2.70. The van der Waals surface area contributed by atoms with Crippen molar-refractivity contribution < 1.29 is 13.2 Å². The van der Waals surface area contributed by atoms with E-state index < -0.39 is 17.3 Å². The molecule has 0 aromatic carbocycles. The van der Waals surface area contributed by atoms with Crippen LogP contribution in [0.4, 0.5) is 13.2 Å². The number of pyridine rings is 1. The summed E-state index contributed by atoms with van der Waals surface area (Å²) in [6.45, 7) is 0.914. The summed E-state index contributed by atoms with van der Waals surface area (Å²) >= 11 is 0. The molecule has 0 fully saturated rings. The summed E-state index contributed by atoms with van der Waals surface area (Å²) in [5.74, 6) is 1.47. The molecule has 0 saturated carbocycles. The van der Waals surface area contributed by atoms with Gasteiger partial charge in [0.15, 0.2) is 5.82 Å². The highest BCUT2D eigenvalue weighted by Gasteiger charge is 2.31. The molecule has 1 aliphatic heterocycles. The third-order valence-corrected chi connectivity index (χ3v) is 3.57. The predicted octanol–water partition coefficient (Wildman–Crippen LogP) is 1.84. The van der Waals surface area contributed by atoms with Gasteiger partial charge in [-0.25, -0.2) is 0 Å². The van der Waals surface area contributed by atoms with E-state index in [4.69, 9.17) is 0 Å². The van der Waals surface area contributed by atoms with Crippen LogP contribution in [0.3, 0.4) is 0 Å². The van der Waals surface area contributed by atoms with Gasteiger partial charge in [-0.05, 0) is 18.9 Å². The van der Waals surface area contributed by atoms with E-state index in [1.165, 1.54) is 4.57 Å². The number of nitrogens with zero attached hydrogens (tertiary/aromatic N) is 4. The third-order valence-electron chi connectivity index (χ3n) is 3.57. The lowest BCUT2D eigenvalue weighted by atomic mass is 10.2. The maximum atomic E-state index is 12.5. The van der Waals surface area contributed by atoms with E-state index in [1.54, 1.807) is 0 Å². The molecular weight excluding hydrogens is 285 g/mol. The summed E-state index contributed by atoms with van der Waals surface area (Å²) in [5, 5.41) is 8.09.